The van der Waals surface area contributed by atoms with Crippen LogP contribution in [0.25, 0.3) is 11.1 Å². The molecule has 1 aliphatic carbocycles. The summed E-state index contributed by atoms with van der Waals surface area (Å²) in [6.07, 6.45) is 0.631. The van der Waals surface area contributed by atoms with Crippen LogP contribution in [0.3, 0.4) is 0 Å². The zero-order valence-electron chi connectivity index (χ0n) is 19.8. The van der Waals surface area contributed by atoms with Crippen LogP contribution in [0, 0.1) is 5.92 Å². The molecule has 3 aromatic rings. The SMILES string of the molecule is CC(C)[C@@H](CC(=O)Nc1cnn(C)c1C(=O)O)NC(=O)OCC1c2ccccc2-c2ccccc21. The second-order valence-corrected chi connectivity index (χ2v) is 8.91. The van der Waals surface area contributed by atoms with Crippen molar-refractivity contribution in [2.75, 3.05) is 11.9 Å². The predicted octanol–water partition coefficient (Wildman–Crippen LogP) is 4.01. The Bertz CT molecular complexity index is 1220. The standard InChI is InChI=1S/C26H28N4O5/c1-15(2)21(12-23(31)28-22-13-27-30(3)24(22)25(32)33)29-26(34)35-14-20-18-10-6-4-8-16(18)17-9-5-7-11-19(17)20/h4-11,13,15,20-21H,12,14H2,1-3H3,(H,28,31)(H,29,34)(H,32,33)/t21-/m1/s1. The van der Waals surface area contributed by atoms with Crippen LogP contribution in [0.5, 0.6) is 0 Å². The summed E-state index contributed by atoms with van der Waals surface area (Å²) in [5.74, 6) is -1.75. The number of rotatable bonds is 8. The van der Waals surface area contributed by atoms with E-state index in [1.54, 1.807) is 0 Å². The van der Waals surface area contributed by atoms with Crippen LogP contribution in [-0.2, 0) is 16.6 Å². The van der Waals surface area contributed by atoms with E-state index in [-0.39, 0.29) is 36.2 Å². The van der Waals surface area contributed by atoms with Gasteiger partial charge in [-0.3, -0.25) is 9.48 Å². The number of fused-ring (bicyclic) bond motifs is 3. The van der Waals surface area contributed by atoms with Crippen molar-refractivity contribution < 1.29 is 24.2 Å². The molecule has 0 unspecified atom stereocenters. The number of aromatic nitrogens is 2. The molecule has 0 aliphatic heterocycles. The van der Waals surface area contributed by atoms with E-state index in [0.717, 1.165) is 22.3 Å². The van der Waals surface area contributed by atoms with Gasteiger partial charge in [-0.2, -0.15) is 5.10 Å². The minimum Gasteiger partial charge on any atom is -0.476 e. The highest BCUT2D eigenvalue weighted by Gasteiger charge is 2.30. The summed E-state index contributed by atoms with van der Waals surface area (Å²) in [6, 6.07) is 15.7. The summed E-state index contributed by atoms with van der Waals surface area (Å²) in [6.45, 7) is 3.94. The zero-order valence-corrected chi connectivity index (χ0v) is 19.8. The maximum atomic E-state index is 12.7. The van der Waals surface area contributed by atoms with E-state index < -0.39 is 24.0 Å². The van der Waals surface area contributed by atoms with Crippen LogP contribution in [0.4, 0.5) is 10.5 Å². The molecule has 182 valence electrons. The lowest BCUT2D eigenvalue weighted by molar-refractivity contribution is -0.116. The van der Waals surface area contributed by atoms with Gasteiger partial charge in [-0.15, -0.1) is 0 Å². The van der Waals surface area contributed by atoms with E-state index >= 15 is 0 Å². The first-order chi connectivity index (χ1) is 16.8. The van der Waals surface area contributed by atoms with E-state index in [9.17, 15) is 19.5 Å². The number of ether oxygens (including phenoxy) is 1. The number of nitrogens with zero attached hydrogens (tertiary/aromatic N) is 2. The van der Waals surface area contributed by atoms with Crippen LogP contribution in [0.2, 0.25) is 0 Å². The van der Waals surface area contributed by atoms with Gasteiger partial charge in [0.05, 0.1) is 11.9 Å². The molecule has 0 saturated carbocycles. The lowest BCUT2D eigenvalue weighted by atomic mass is 9.98. The van der Waals surface area contributed by atoms with E-state index in [2.05, 4.69) is 27.9 Å². The molecule has 0 saturated heterocycles. The lowest BCUT2D eigenvalue weighted by Gasteiger charge is -2.22. The summed E-state index contributed by atoms with van der Waals surface area (Å²) in [7, 11) is 1.48. The molecule has 9 nitrogen and oxygen atoms in total. The normalized spacial score (nSPS) is 13.1. The highest BCUT2D eigenvalue weighted by molar-refractivity contribution is 5.99. The molecule has 9 heteroatoms. The fourth-order valence-electron chi connectivity index (χ4n) is 4.43. The molecule has 1 atom stereocenters. The van der Waals surface area contributed by atoms with Gasteiger partial charge in [0.15, 0.2) is 5.69 Å². The first-order valence-electron chi connectivity index (χ1n) is 11.4. The number of carbonyl (C=O) groups excluding carboxylic acids is 2. The van der Waals surface area contributed by atoms with Gasteiger partial charge in [-0.25, -0.2) is 9.59 Å². The number of carboxylic acid groups (broad SMARTS) is 1. The average Bonchev–Trinajstić information content (AvgIpc) is 3.34. The fourth-order valence-corrected chi connectivity index (χ4v) is 4.43. The maximum absolute atomic E-state index is 12.7. The molecule has 35 heavy (non-hydrogen) atoms. The molecule has 0 spiro atoms. The zero-order chi connectivity index (χ0) is 25.1. The third kappa shape index (κ3) is 5.03. The van der Waals surface area contributed by atoms with Crippen LogP contribution in [-0.4, -0.2) is 45.5 Å². The predicted molar refractivity (Wildman–Crippen MR) is 130 cm³/mol. The molecule has 1 aromatic heterocycles. The molecule has 0 fully saturated rings. The summed E-state index contributed by atoms with van der Waals surface area (Å²) in [5.41, 5.74) is 4.51. The van der Waals surface area contributed by atoms with E-state index in [0.29, 0.717) is 0 Å². The molecule has 3 N–H and O–H groups in total. The van der Waals surface area contributed by atoms with E-state index in [4.69, 9.17) is 4.74 Å². The number of carbonyl (C=O) groups is 3. The Morgan fingerprint density at radius 1 is 1.06 bits per heavy atom. The molecule has 0 radical (unpaired) electrons. The molecular weight excluding hydrogens is 448 g/mol. The molecular formula is C26H28N4O5. The molecule has 2 amide bonds. The minimum absolute atomic E-state index is 0.0458. The van der Waals surface area contributed by atoms with Crippen molar-refractivity contribution >= 4 is 23.7 Å². The van der Waals surface area contributed by atoms with Crippen molar-refractivity contribution in [3.63, 3.8) is 0 Å². The number of alkyl carbamates (subject to hydrolysis) is 1. The lowest BCUT2D eigenvalue weighted by Crippen LogP contribution is -2.41. The van der Waals surface area contributed by atoms with Crippen molar-refractivity contribution in [3.8, 4) is 11.1 Å². The Labute approximate surface area is 203 Å². The van der Waals surface area contributed by atoms with Crippen LogP contribution in [0.15, 0.2) is 54.7 Å². The Kier molecular flexibility index (Phi) is 6.86. The Morgan fingerprint density at radius 3 is 2.23 bits per heavy atom. The number of aryl methyl sites for hydroxylation is 1. The number of amides is 2. The summed E-state index contributed by atoms with van der Waals surface area (Å²) in [5, 5.41) is 18.6. The number of carboxylic acids is 1. The second-order valence-electron chi connectivity index (χ2n) is 8.91. The number of anilines is 1. The van der Waals surface area contributed by atoms with Crippen LogP contribution >= 0.6 is 0 Å². The Balaban J connectivity index is 1.38. The molecule has 0 bridgehead atoms. The Hall–Kier alpha value is -4.14. The van der Waals surface area contributed by atoms with Gasteiger partial charge in [-0.1, -0.05) is 62.4 Å². The van der Waals surface area contributed by atoms with Gasteiger partial charge < -0.3 is 20.5 Å². The van der Waals surface area contributed by atoms with Crippen molar-refractivity contribution in [1.82, 2.24) is 15.1 Å². The first-order valence-corrected chi connectivity index (χ1v) is 11.4. The molecule has 2 aromatic carbocycles. The van der Waals surface area contributed by atoms with Crippen LogP contribution in [0.1, 0.15) is 47.8 Å². The van der Waals surface area contributed by atoms with Gasteiger partial charge in [0.2, 0.25) is 5.91 Å². The van der Waals surface area contributed by atoms with Gasteiger partial charge >= 0.3 is 12.1 Å². The van der Waals surface area contributed by atoms with Gasteiger partial charge in [-0.05, 0) is 28.2 Å². The molecule has 1 aliphatic rings. The fraction of sp³-hybridized carbons (Fsp3) is 0.308. The van der Waals surface area contributed by atoms with Gasteiger partial charge in [0.1, 0.15) is 6.61 Å². The second kappa shape index (κ2) is 10.0. The van der Waals surface area contributed by atoms with Crippen LogP contribution < -0.4 is 10.6 Å². The smallest absolute Gasteiger partial charge is 0.407 e. The minimum atomic E-state index is -1.20. The number of hydrogen-bond acceptors (Lipinski definition) is 5. The summed E-state index contributed by atoms with van der Waals surface area (Å²) < 4.78 is 6.77. The summed E-state index contributed by atoms with van der Waals surface area (Å²) in [4.78, 5) is 36.7. The maximum Gasteiger partial charge on any atom is 0.407 e. The monoisotopic (exact) mass is 476 g/mol. The van der Waals surface area contributed by atoms with Crippen molar-refractivity contribution in [3.05, 3.63) is 71.5 Å². The van der Waals surface area contributed by atoms with Gasteiger partial charge in [0.25, 0.3) is 0 Å². The summed E-state index contributed by atoms with van der Waals surface area (Å²) >= 11 is 0. The van der Waals surface area contributed by atoms with Crippen molar-refractivity contribution in [2.24, 2.45) is 13.0 Å². The number of benzene rings is 2. The molecule has 1 heterocycles. The Morgan fingerprint density at radius 2 is 1.66 bits per heavy atom. The third-order valence-corrected chi connectivity index (χ3v) is 6.27. The van der Waals surface area contributed by atoms with E-state index in [1.165, 1.54) is 17.9 Å². The highest BCUT2D eigenvalue weighted by Crippen LogP contribution is 2.44. The first kappa shape index (κ1) is 24.0. The number of hydrogen-bond donors (Lipinski definition) is 3. The molecule has 4 rings (SSSR count). The topological polar surface area (TPSA) is 123 Å². The van der Waals surface area contributed by atoms with Gasteiger partial charge in [0, 0.05) is 25.4 Å². The quantitative estimate of drug-likeness (QED) is 0.452. The van der Waals surface area contributed by atoms with Crippen molar-refractivity contribution in [1.29, 1.82) is 0 Å². The third-order valence-electron chi connectivity index (χ3n) is 6.27. The number of nitrogens with one attached hydrogen (secondary N) is 2. The highest BCUT2D eigenvalue weighted by atomic mass is 16.5. The number of aromatic carboxylic acids is 1. The average molecular weight is 477 g/mol. The van der Waals surface area contributed by atoms with E-state index in [1.807, 2.05) is 50.2 Å². The largest absolute Gasteiger partial charge is 0.476 e. The van der Waals surface area contributed by atoms with Crippen molar-refractivity contribution in [2.45, 2.75) is 32.2 Å².